The van der Waals surface area contributed by atoms with Crippen LogP contribution in [0.5, 0.6) is 0 Å². The van der Waals surface area contributed by atoms with Gasteiger partial charge in [0.05, 0.1) is 22.8 Å². The van der Waals surface area contributed by atoms with Gasteiger partial charge in [-0.1, -0.05) is 0 Å². The van der Waals surface area contributed by atoms with Crippen molar-refractivity contribution in [1.82, 2.24) is 4.98 Å². The molecule has 0 saturated carbocycles. The van der Waals surface area contributed by atoms with Crippen molar-refractivity contribution in [3.63, 3.8) is 0 Å². The summed E-state index contributed by atoms with van der Waals surface area (Å²) >= 11 is 0. The quantitative estimate of drug-likeness (QED) is 0.433. The lowest BCUT2D eigenvalue weighted by molar-refractivity contribution is -0.384. The molecule has 0 unspecified atom stereocenters. The van der Waals surface area contributed by atoms with Gasteiger partial charge in [-0.15, -0.1) is 0 Å². The number of benzene rings is 1. The predicted molar refractivity (Wildman–Crippen MR) is 91.0 cm³/mol. The van der Waals surface area contributed by atoms with Crippen LogP contribution in [0.3, 0.4) is 0 Å². The van der Waals surface area contributed by atoms with Crippen molar-refractivity contribution < 1.29 is 9.34 Å². The third kappa shape index (κ3) is 3.68. The molecule has 122 valence electrons. The molecule has 25 heavy (non-hydrogen) atoms. The highest BCUT2D eigenvalue weighted by molar-refractivity contribution is 5.78. The molecule has 0 radical (unpaired) electrons. The Hall–Kier alpha value is -3.99. The minimum Gasteiger partial charge on any atom is -0.455 e. The largest absolute Gasteiger partial charge is 0.455 e. The Morgan fingerprint density at radius 3 is 2.76 bits per heavy atom. The van der Waals surface area contributed by atoms with Crippen molar-refractivity contribution in [2.75, 3.05) is 5.43 Å². The van der Waals surface area contributed by atoms with Crippen molar-refractivity contribution in [3.8, 4) is 17.4 Å². The van der Waals surface area contributed by atoms with Crippen LogP contribution in [0.15, 0.2) is 64.2 Å². The number of hydrogen-bond acceptors (Lipinski definition) is 7. The summed E-state index contributed by atoms with van der Waals surface area (Å²) in [5, 5.41) is 23.6. The molecule has 8 heteroatoms. The summed E-state index contributed by atoms with van der Waals surface area (Å²) in [6.45, 7) is 0. The van der Waals surface area contributed by atoms with Gasteiger partial charge in [0.1, 0.15) is 11.5 Å². The second kappa shape index (κ2) is 7.06. The third-order valence-corrected chi connectivity index (χ3v) is 3.27. The van der Waals surface area contributed by atoms with Crippen LogP contribution in [-0.2, 0) is 0 Å². The molecule has 0 bridgehead atoms. The molecule has 0 saturated heterocycles. The van der Waals surface area contributed by atoms with Crippen LogP contribution in [0.25, 0.3) is 11.3 Å². The number of nitro groups is 1. The molecule has 1 aromatic carbocycles. The first-order valence-electron chi connectivity index (χ1n) is 7.16. The Morgan fingerprint density at radius 2 is 2.04 bits per heavy atom. The lowest BCUT2D eigenvalue weighted by atomic mass is 10.1. The van der Waals surface area contributed by atoms with Crippen molar-refractivity contribution in [1.29, 1.82) is 5.26 Å². The summed E-state index contributed by atoms with van der Waals surface area (Å²) in [6, 6.07) is 15.3. The van der Waals surface area contributed by atoms with Gasteiger partial charge in [-0.25, -0.2) is 4.98 Å². The van der Waals surface area contributed by atoms with Crippen molar-refractivity contribution in [3.05, 3.63) is 76.2 Å². The minimum absolute atomic E-state index is 0.0441. The van der Waals surface area contributed by atoms with Crippen LogP contribution >= 0.6 is 0 Å². The monoisotopic (exact) mass is 333 g/mol. The number of hydrogen-bond donors (Lipinski definition) is 1. The number of nitrogens with one attached hydrogen (secondary N) is 1. The zero-order chi connectivity index (χ0) is 17.6. The van der Waals surface area contributed by atoms with Crippen LogP contribution < -0.4 is 5.43 Å². The number of anilines is 1. The van der Waals surface area contributed by atoms with E-state index in [1.807, 2.05) is 0 Å². The van der Waals surface area contributed by atoms with Gasteiger partial charge < -0.3 is 4.42 Å². The second-order valence-electron chi connectivity index (χ2n) is 4.89. The first-order valence-corrected chi connectivity index (χ1v) is 7.16. The van der Waals surface area contributed by atoms with Crippen LogP contribution in [-0.4, -0.2) is 16.1 Å². The van der Waals surface area contributed by atoms with E-state index in [1.165, 1.54) is 24.5 Å². The maximum absolute atomic E-state index is 10.9. The summed E-state index contributed by atoms with van der Waals surface area (Å²) in [6.07, 6.45) is 2.83. The number of aromatic nitrogens is 1. The first-order chi connectivity index (χ1) is 12.2. The highest BCUT2D eigenvalue weighted by atomic mass is 16.6. The molecule has 3 rings (SSSR count). The van der Waals surface area contributed by atoms with E-state index in [2.05, 4.69) is 21.6 Å². The molecule has 1 N–H and O–H groups in total. The first kappa shape index (κ1) is 15.9. The van der Waals surface area contributed by atoms with E-state index >= 15 is 0 Å². The lowest BCUT2D eigenvalue weighted by Gasteiger charge is -1.99. The second-order valence-corrected chi connectivity index (χ2v) is 4.89. The van der Waals surface area contributed by atoms with Crippen molar-refractivity contribution in [2.45, 2.75) is 0 Å². The zero-order valence-corrected chi connectivity index (χ0v) is 12.8. The Labute approximate surface area is 142 Å². The topological polar surface area (TPSA) is 117 Å². The molecule has 0 amide bonds. The Bertz CT molecular complexity index is 970. The fourth-order valence-electron chi connectivity index (χ4n) is 2.07. The summed E-state index contributed by atoms with van der Waals surface area (Å²) in [7, 11) is 0. The predicted octanol–water partition coefficient (Wildman–Crippen LogP) is 3.57. The number of furan rings is 1. The molecule has 0 aliphatic carbocycles. The molecule has 3 aromatic rings. The number of nitriles is 1. The molecule has 2 aromatic heterocycles. The van der Waals surface area contributed by atoms with Gasteiger partial charge in [-0.05, 0) is 42.5 Å². The van der Waals surface area contributed by atoms with E-state index in [0.29, 0.717) is 17.1 Å². The molecule has 0 atom stereocenters. The smallest absolute Gasteiger partial charge is 0.313 e. The van der Waals surface area contributed by atoms with Gasteiger partial charge in [0.15, 0.2) is 0 Å². The van der Waals surface area contributed by atoms with Crippen LogP contribution in [0.1, 0.15) is 11.3 Å². The van der Waals surface area contributed by atoms with Gasteiger partial charge in [-0.2, -0.15) is 10.4 Å². The fourth-order valence-corrected chi connectivity index (χ4v) is 2.07. The summed E-state index contributed by atoms with van der Waals surface area (Å²) in [5.41, 5.74) is 3.75. The average molecular weight is 333 g/mol. The number of pyridine rings is 1. The maximum Gasteiger partial charge on any atom is 0.313 e. The molecule has 0 spiro atoms. The van der Waals surface area contributed by atoms with E-state index in [1.54, 1.807) is 36.4 Å². The molecular formula is C17H11N5O3. The summed E-state index contributed by atoms with van der Waals surface area (Å²) in [4.78, 5) is 14.2. The van der Waals surface area contributed by atoms with Crippen LogP contribution in [0.4, 0.5) is 11.5 Å². The van der Waals surface area contributed by atoms with Gasteiger partial charge in [0, 0.05) is 17.8 Å². The van der Waals surface area contributed by atoms with Crippen molar-refractivity contribution >= 4 is 17.7 Å². The SMILES string of the molecule is N#Cc1ccc(-c2ccc(/C=N\Nc3ncccc3[N+](=O)[O-])o2)cc1. The third-order valence-electron chi connectivity index (χ3n) is 3.27. The number of nitrogens with zero attached hydrogens (tertiary/aromatic N) is 4. The van der Waals surface area contributed by atoms with E-state index in [0.717, 1.165) is 5.56 Å². The molecule has 0 fully saturated rings. The minimum atomic E-state index is -0.541. The maximum atomic E-state index is 10.9. The number of rotatable bonds is 5. The zero-order valence-electron chi connectivity index (χ0n) is 12.8. The van der Waals surface area contributed by atoms with E-state index < -0.39 is 4.92 Å². The van der Waals surface area contributed by atoms with E-state index in [4.69, 9.17) is 9.68 Å². The molecule has 8 nitrogen and oxygen atoms in total. The summed E-state index contributed by atoms with van der Waals surface area (Å²) < 4.78 is 5.63. The normalized spacial score (nSPS) is 10.5. The van der Waals surface area contributed by atoms with Crippen LogP contribution in [0.2, 0.25) is 0 Å². The lowest BCUT2D eigenvalue weighted by Crippen LogP contribution is -1.98. The molecule has 0 aliphatic heterocycles. The molecular weight excluding hydrogens is 322 g/mol. The van der Waals surface area contributed by atoms with Gasteiger partial charge in [-0.3, -0.25) is 15.5 Å². The molecule has 2 heterocycles. The Balaban J connectivity index is 1.72. The Morgan fingerprint density at radius 1 is 1.24 bits per heavy atom. The van der Waals surface area contributed by atoms with E-state index in [9.17, 15) is 10.1 Å². The van der Waals surface area contributed by atoms with Crippen LogP contribution in [0, 0.1) is 21.4 Å². The highest BCUT2D eigenvalue weighted by Gasteiger charge is 2.13. The standard InChI is InChI=1S/C17H11N5O3/c18-10-12-3-5-13(6-4-12)16-8-7-14(25-16)11-20-21-17-15(22(23)24)2-1-9-19-17/h1-9,11H,(H,19,21)/b20-11-. The van der Waals surface area contributed by atoms with Gasteiger partial charge in [0.25, 0.3) is 0 Å². The van der Waals surface area contributed by atoms with Gasteiger partial charge >= 0.3 is 5.69 Å². The summed E-state index contributed by atoms with van der Waals surface area (Å²) in [5.74, 6) is 1.13. The van der Waals surface area contributed by atoms with E-state index in [-0.39, 0.29) is 11.5 Å². The molecule has 0 aliphatic rings. The highest BCUT2D eigenvalue weighted by Crippen LogP contribution is 2.22. The fraction of sp³-hybridized carbons (Fsp3) is 0. The van der Waals surface area contributed by atoms with Gasteiger partial charge in [0.2, 0.25) is 5.82 Å². The average Bonchev–Trinajstić information content (AvgIpc) is 3.11. The Kier molecular flexibility index (Phi) is 4.49. The van der Waals surface area contributed by atoms with Crippen molar-refractivity contribution in [2.24, 2.45) is 5.10 Å². The number of hydrazone groups is 1.